The Morgan fingerprint density at radius 3 is 2.44 bits per heavy atom. The molecule has 4 heteroatoms. The zero-order valence-electron chi connectivity index (χ0n) is 12.1. The summed E-state index contributed by atoms with van der Waals surface area (Å²) < 4.78 is 0. The Balaban J connectivity index is 2.56. The second-order valence-corrected chi connectivity index (χ2v) is 5.72. The number of hydrogen-bond acceptors (Lipinski definition) is 4. The summed E-state index contributed by atoms with van der Waals surface area (Å²) in [7, 11) is 0. The van der Waals surface area contributed by atoms with Gasteiger partial charge in [-0.25, -0.2) is 0 Å². The highest BCUT2D eigenvalue weighted by Crippen LogP contribution is 2.18. The molecule has 18 heavy (non-hydrogen) atoms. The maximum atomic E-state index is 10.3. The molecule has 1 aromatic heterocycles. The average molecular weight is 251 g/mol. The molecule has 2 unspecified atom stereocenters. The van der Waals surface area contributed by atoms with Crippen molar-refractivity contribution in [1.82, 2.24) is 15.3 Å². The molecule has 102 valence electrons. The van der Waals surface area contributed by atoms with Crippen LogP contribution in [0.25, 0.3) is 0 Å². The minimum Gasteiger partial charge on any atom is -0.389 e. The third-order valence-corrected chi connectivity index (χ3v) is 2.97. The number of aliphatic hydroxyl groups is 1. The third-order valence-electron chi connectivity index (χ3n) is 2.97. The number of rotatable bonds is 6. The first-order valence-corrected chi connectivity index (χ1v) is 6.55. The molecule has 4 nitrogen and oxygen atoms in total. The molecule has 0 bridgehead atoms. The van der Waals surface area contributed by atoms with Crippen LogP contribution in [0.15, 0.2) is 12.4 Å². The molecule has 0 aliphatic heterocycles. The number of nitrogens with zero attached hydrogens (tertiary/aromatic N) is 2. The average Bonchev–Trinajstić information content (AvgIpc) is 2.25. The highest BCUT2D eigenvalue weighted by Gasteiger charge is 2.23. The highest BCUT2D eigenvalue weighted by molar-refractivity contribution is 5.12. The van der Waals surface area contributed by atoms with Crippen LogP contribution in [0.5, 0.6) is 0 Å². The van der Waals surface area contributed by atoms with E-state index >= 15 is 0 Å². The Hall–Kier alpha value is -1.00. The van der Waals surface area contributed by atoms with Crippen LogP contribution in [0.1, 0.15) is 51.5 Å². The van der Waals surface area contributed by atoms with E-state index in [4.69, 9.17) is 0 Å². The van der Waals surface area contributed by atoms with Crippen LogP contribution in [0.2, 0.25) is 0 Å². The summed E-state index contributed by atoms with van der Waals surface area (Å²) >= 11 is 0. The smallest absolute Gasteiger partial charge is 0.0782 e. The van der Waals surface area contributed by atoms with Crippen molar-refractivity contribution >= 4 is 0 Å². The molecule has 0 fully saturated rings. The van der Waals surface area contributed by atoms with Crippen molar-refractivity contribution in [3.8, 4) is 0 Å². The van der Waals surface area contributed by atoms with E-state index in [1.807, 2.05) is 20.8 Å². The minimum atomic E-state index is -0.682. The van der Waals surface area contributed by atoms with Crippen LogP contribution in [-0.4, -0.2) is 27.2 Å². The summed E-state index contributed by atoms with van der Waals surface area (Å²) in [6.45, 7) is 10.7. The van der Waals surface area contributed by atoms with Crippen molar-refractivity contribution in [2.45, 2.75) is 52.7 Å². The molecule has 1 aromatic rings. The minimum absolute atomic E-state index is 0.0948. The van der Waals surface area contributed by atoms with Gasteiger partial charge >= 0.3 is 0 Å². The fraction of sp³-hybridized carbons (Fsp3) is 0.714. The van der Waals surface area contributed by atoms with E-state index in [0.29, 0.717) is 12.5 Å². The molecule has 0 amide bonds. The zero-order valence-corrected chi connectivity index (χ0v) is 12.1. The van der Waals surface area contributed by atoms with E-state index in [9.17, 15) is 5.11 Å². The highest BCUT2D eigenvalue weighted by atomic mass is 16.3. The van der Waals surface area contributed by atoms with Crippen molar-refractivity contribution in [1.29, 1.82) is 0 Å². The van der Waals surface area contributed by atoms with Gasteiger partial charge in [0.2, 0.25) is 0 Å². The summed E-state index contributed by atoms with van der Waals surface area (Å²) in [5.41, 5.74) is 1.19. The van der Waals surface area contributed by atoms with Crippen LogP contribution < -0.4 is 5.32 Å². The molecule has 0 radical (unpaired) electrons. The fourth-order valence-electron chi connectivity index (χ4n) is 2.26. The van der Waals surface area contributed by atoms with Gasteiger partial charge in [-0.2, -0.15) is 0 Å². The van der Waals surface area contributed by atoms with E-state index in [2.05, 4.69) is 29.1 Å². The first-order valence-electron chi connectivity index (χ1n) is 6.55. The molecule has 0 saturated carbocycles. The van der Waals surface area contributed by atoms with Gasteiger partial charge in [-0.15, -0.1) is 0 Å². The predicted octanol–water partition coefficient (Wildman–Crippen LogP) is 2.23. The first-order chi connectivity index (χ1) is 8.32. The molecule has 2 N–H and O–H groups in total. The van der Waals surface area contributed by atoms with Crippen LogP contribution in [0.4, 0.5) is 0 Å². The molecular formula is C14H25N3O. The largest absolute Gasteiger partial charge is 0.389 e. The van der Waals surface area contributed by atoms with E-state index < -0.39 is 5.60 Å². The summed E-state index contributed by atoms with van der Waals surface area (Å²) in [5.74, 6) is 0.482. The molecule has 0 spiro atoms. The maximum Gasteiger partial charge on any atom is 0.0782 e. The fourth-order valence-corrected chi connectivity index (χ4v) is 2.26. The number of nitrogens with one attached hydrogen (secondary N) is 1. The Labute approximate surface area is 110 Å². The van der Waals surface area contributed by atoms with Crippen molar-refractivity contribution in [3.05, 3.63) is 23.8 Å². The van der Waals surface area contributed by atoms with Crippen molar-refractivity contribution in [2.24, 2.45) is 5.92 Å². The van der Waals surface area contributed by atoms with E-state index in [0.717, 1.165) is 17.8 Å². The zero-order chi connectivity index (χ0) is 13.8. The second kappa shape index (κ2) is 6.25. The molecule has 0 aliphatic rings. The number of aromatic nitrogens is 2. The molecule has 0 saturated heterocycles. The summed E-state index contributed by atoms with van der Waals surface area (Å²) in [4.78, 5) is 8.56. The standard InChI is InChI=1S/C14H25N3O/c1-10(2)8-14(5,18)9-17-12(4)13-11(3)15-6-7-16-13/h6-7,10,12,17-18H,8-9H2,1-5H3. The lowest BCUT2D eigenvalue weighted by molar-refractivity contribution is 0.0362. The van der Waals surface area contributed by atoms with Gasteiger partial charge < -0.3 is 10.4 Å². The Kier molecular flexibility index (Phi) is 5.23. The van der Waals surface area contributed by atoms with Crippen molar-refractivity contribution in [2.75, 3.05) is 6.54 Å². The molecule has 1 heterocycles. The van der Waals surface area contributed by atoms with Crippen LogP contribution in [0, 0.1) is 12.8 Å². The predicted molar refractivity (Wildman–Crippen MR) is 73.3 cm³/mol. The monoisotopic (exact) mass is 251 g/mol. The van der Waals surface area contributed by atoms with Crippen molar-refractivity contribution in [3.63, 3.8) is 0 Å². The van der Waals surface area contributed by atoms with Crippen LogP contribution >= 0.6 is 0 Å². The lowest BCUT2D eigenvalue weighted by Gasteiger charge is -2.27. The Bertz CT molecular complexity index is 377. The number of aryl methyl sites for hydroxylation is 1. The molecule has 0 aliphatic carbocycles. The van der Waals surface area contributed by atoms with E-state index in [1.54, 1.807) is 12.4 Å². The second-order valence-electron chi connectivity index (χ2n) is 5.72. The summed E-state index contributed by atoms with van der Waals surface area (Å²) in [6.07, 6.45) is 4.18. The van der Waals surface area contributed by atoms with Crippen LogP contribution in [0.3, 0.4) is 0 Å². The number of hydrogen-bond donors (Lipinski definition) is 2. The van der Waals surface area contributed by atoms with Crippen LogP contribution in [-0.2, 0) is 0 Å². The molecular weight excluding hydrogens is 226 g/mol. The lowest BCUT2D eigenvalue weighted by atomic mass is 9.94. The van der Waals surface area contributed by atoms with Gasteiger partial charge in [-0.1, -0.05) is 13.8 Å². The summed E-state index contributed by atoms with van der Waals surface area (Å²) in [6, 6.07) is 0.0948. The lowest BCUT2D eigenvalue weighted by Crippen LogP contribution is -2.40. The van der Waals surface area contributed by atoms with Gasteiger partial charge in [0.1, 0.15) is 0 Å². The van der Waals surface area contributed by atoms with Gasteiger partial charge in [0.15, 0.2) is 0 Å². The topological polar surface area (TPSA) is 58.0 Å². The van der Waals surface area contributed by atoms with Gasteiger partial charge in [0.25, 0.3) is 0 Å². The normalized spacial score (nSPS) is 16.6. The van der Waals surface area contributed by atoms with E-state index in [-0.39, 0.29) is 6.04 Å². The van der Waals surface area contributed by atoms with Crippen molar-refractivity contribution < 1.29 is 5.11 Å². The molecule has 1 rings (SSSR count). The summed E-state index contributed by atoms with van der Waals surface area (Å²) in [5, 5.41) is 13.6. The quantitative estimate of drug-likeness (QED) is 0.814. The Morgan fingerprint density at radius 2 is 1.89 bits per heavy atom. The molecule has 2 atom stereocenters. The van der Waals surface area contributed by atoms with Gasteiger partial charge in [0, 0.05) is 25.0 Å². The maximum absolute atomic E-state index is 10.3. The van der Waals surface area contributed by atoms with Gasteiger partial charge in [-0.05, 0) is 33.1 Å². The Morgan fingerprint density at radius 1 is 1.28 bits per heavy atom. The SMILES string of the molecule is Cc1nccnc1C(C)NCC(C)(O)CC(C)C. The molecule has 0 aromatic carbocycles. The third kappa shape index (κ3) is 4.70. The van der Waals surface area contributed by atoms with Gasteiger partial charge in [-0.3, -0.25) is 9.97 Å². The van der Waals surface area contributed by atoms with E-state index in [1.165, 1.54) is 0 Å². The first kappa shape index (κ1) is 15.1. The van der Waals surface area contributed by atoms with Gasteiger partial charge in [0.05, 0.1) is 17.0 Å².